The molecule has 0 atom stereocenters. The van der Waals surface area contributed by atoms with Crippen LogP contribution in [0.4, 0.5) is 0 Å². The molecule has 0 heterocycles. The van der Waals surface area contributed by atoms with Crippen molar-refractivity contribution in [1.82, 2.24) is 0 Å². The second-order valence-corrected chi connectivity index (χ2v) is 3.71. The molecule has 0 unspecified atom stereocenters. The Morgan fingerprint density at radius 2 is 1.93 bits per heavy atom. The maximum Gasteiger partial charge on any atom is 0.133 e. The summed E-state index contributed by atoms with van der Waals surface area (Å²) in [5, 5.41) is 0. The number of carbonyl (C=O) groups excluding carboxylic acids is 1. The number of ketones is 1. The summed E-state index contributed by atoms with van der Waals surface area (Å²) in [6.45, 7) is 3.61. The average Bonchev–Trinajstić information content (AvgIpc) is 2.28. The van der Waals surface area contributed by atoms with Crippen molar-refractivity contribution in [3.05, 3.63) is 48.6 Å². The Morgan fingerprint density at radius 3 is 2.60 bits per heavy atom. The fraction of sp³-hybridized carbons (Fsp3) is 0.357. The van der Waals surface area contributed by atoms with Crippen LogP contribution in [-0.2, 0) is 11.2 Å². The van der Waals surface area contributed by atoms with E-state index in [-0.39, 0.29) is 0 Å². The van der Waals surface area contributed by atoms with E-state index < -0.39 is 0 Å². The molecule has 0 saturated carbocycles. The van der Waals surface area contributed by atoms with E-state index in [0.717, 1.165) is 19.3 Å². The first-order chi connectivity index (χ1) is 7.33. The number of allylic oxidation sites excluding steroid dienone is 1. The molecule has 0 spiro atoms. The molecule has 0 amide bonds. The first-order valence-electron chi connectivity index (χ1n) is 5.49. The van der Waals surface area contributed by atoms with Crippen molar-refractivity contribution >= 4 is 5.78 Å². The summed E-state index contributed by atoms with van der Waals surface area (Å²) in [5.41, 5.74) is 1.31. The molecule has 0 aliphatic heterocycles. The van der Waals surface area contributed by atoms with Gasteiger partial charge in [0.05, 0.1) is 0 Å². The Balaban J connectivity index is 2.16. The number of rotatable bonds is 7. The molecule has 0 aliphatic rings. The van der Waals surface area contributed by atoms with Gasteiger partial charge < -0.3 is 0 Å². The molecular formula is C14H18O. The van der Waals surface area contributed by atoms with Crippen molar-refractivity contribution in [2.45, 2.75) is 32.1 Å². The molecule has 0 aromatic heterocycles. The Bertz CT molecular complexity index is 300. The van der Waals surface area contributed by atoms with Gasteiger partial charge in [0.1, 0.15) is 5.78 Å². The smallest absolute Gasteiger partial charge is 0.133 e. The summed E-state index contributed by atoms with van der Waals surface area (Å²) in [6, 6.07) is 10.3. The number of hydrogen-bond donors (Lipinski definition) is 0. The van der Waals surface area contributed by atoms with Gasteiger partial charge in [-0.2, -0.15) is 0 Å². The monoisotopic (exact) mass is 202 g/mol. The fourth-order valence-corrected chi connectivity index (χ4v) is 1.52. The second-order valence-electron chi connectivity index (χ2n) is 3.71. The quantitative estimate of drug-likeness (QED) is 0.618. The topological polar surface area (TPSA) is 17.1 Å². The predicted molar refractivity (Wildman–Crippen MR) is 63.8 cm³/mol. The Labute approximate surface area is 91.8 Å². The van der Waals surface area contributed by atoms with E-state index in [1.54, 1.807) is 6.08 Å². The van der Waals surface area contributed by atoms with Crippen LogP contribution >= 0.6 is 0 Å². The third-order valence-corrected chi connectivity index (χ3v) is 2.39. The zero-order valence-electron chi connectivity index (χ0n) is 9.11. The van der Waals surface area contributed by atoms with Gasteiger partial charge in [-0.1, -0.05) is 36.4 Å². The standard InChI is InChI=1S/C14H18O/c1-2-3-11-14(15)12-7-10-13-8-5-4-6-9-13/h2,4-6,8-9H,1,3,7,10-12H2. The number of aryl methyl sites for hydroxylation is 1. The van der Waals surface area contributed by atoms with E-state index in [1.807, 2.05) is 18.2 Å². The Morgan fingerprint density at radius 1 is 1.20 bits per heavy atom. The minimum atomic E-state index is 0.353. The summed E-state index contributed by atoms with van der Waals surface area (Å²) in [6.07, 6.45) is 5.92. The number of carbonyl (C=O) groups is 1. The third kappa shape index (κ3) is 5.16. The molecule has 0 fully saturated rings. The number of hydrogen-bond acceptors (Lipinski definition) is 1. The van der Waals surface area contributed by atoms with E-state index in [9.17, 15) is 4.79 Å². The van der Waals surface area contributed by atoms with Crippen molar-refractivity contribution in [3.63, 3.8) is 0 Å². The van der Waals surface area contributed by atoms with Crippen LogP contribution in [0.3, 0.4) is 0 Å². The first-order valence-corrected chi connectivity index (χ1v) is 5.49. The summed E-state index contributed by atoms with van der Waals surface area (Å²) in [5.74, 6) is 0.353. The van der Waals surface area contributed by atoms with Crippen LogP contribution in [0.2, 0.25) is 0 Å². The van der Waals surface area contributed by atoms with Crippen LogP contribution in [0.25, 0.3) is 0 Å². The van der Waals surface area contributed by atoms with Crippen LogP contribution in [0.1, 0.15) is 31.2 Å². The Hall–Kier alpha value is -1.37. The van der Waals surface area contributed by atoms with Crippen LogP contribution < -0.4 is 0 Å². The molecule has 0 saturated heterocycles. The van der Waals surface area contributed by atoms with Gasteiger partial charge in [-0.05, 0) is 24.8 Å². The zero-order chi connectivity index (χ0) is 10.9. The molecule has 1 nitrogen and oxygen atoms in total. The van der Waals surface area contributed by atoms with Crippen molar-refractivity contribution in [2.24, 2.45) is 0 Å². The maximum atomic E-state index is 11.3. The van der Waals surface area contributed by atoms with Gasteiger partial charge in [0, 0.05) is 12.8 Å². The van der Waals surface area contributed by atoms with Gasteiger partial charge in [0.2, 0.25) is 0 Å². The van der Waals surface area contributed by atoms with E-state index in [0.29, 0.717) is 18.6 Å². The normalized spacial score (nSPS) is 9.87. The number of benzene rings is 1. The molecule has 0 aliphatic carbocycles. The first kappa shape index (κ1) is 11.7. The highest BCUT2D eigenvalue weighted by atomic mass is 16.1. The minimum absolute atomic E-state index is 0.353. The van der Waals surface area contributed by atoms with E-state index in [4.69, 9.17) is 0 Å². The Kier molecular flexibility index (Phi) is 5.46. The van der Waals surface area contributed by atoms with Crippen LogP contribution in [0.15, 0.2) is 43.0 Å². The molecule has 1 heteroatoms. The highest BCUT2D eigenvalue weighted by Crippen LogP contribution is 2.06. The van der Waals surface area contributed by atoms with E-state index in [1.165, 1.54) is 5.56 Å². The average molecular weight is 202 g/mol. The van der Waals surface area contributed by atoms with Crippen molar-refractivity contribution in [1.29, 1.82) is 0 Å². The molecule has 1 rings (SSSR count). The lowest BCUT2D eigenvalue weighted by Crippen LogP contribution is -1.97. The molecule has 0 bridgehead atoms. The highest BCUT2D eigenvalue weighted by Gasteiger charge is 2.00. The van der Waals surface area contributed by atoms with Crippen molar-refractivity contribution in [3.8, 4) is 0 Å². The van der Waals surface area contributed by atoms with Gasteiger partial charge in [-0.25, -0.2) is 0 Å². The van der Waals surface area contributed by atoms with Gasteiger partial charge in [-0.3, -0.25) is 4.79 Å². The van der Waals surface area contributed by atoms with Gasteiger partial charge >= 0.3 is 0 Å². The summed E-state index contributed by atoms with van der Waals surface area (Å²) in [7, 11) is 0. The van der Waals surface area contributed by atoms with Gasteiger partial charge in [-0.15, -0.1) is 6.58 Å². The SMILES string of the molecule is C=CCCC(=O)CCCc1ccccc1. The van der Waals surface area contributed by atoms with Crippen molar-refractivity contribution in [2.75, 3.05) is 0 Å². The largest absolute Gasteiger partial charge is 0.300 e. The molecule has 1 aromatic rings. The van der Waals surface area contributed by atoms with Crippen molar-refractivity contribution < 1.29 is 4.79 Å². The lowest BCUT2D eigenvalue weighted by molar-refractivity contribution is -0.119. The second kappa shape index (κ2) is 6.99. The predicted octanol–water partition coefficient (Wildman–Crippen LogP) is 3.54. The number of Topliss-reactive ketones (excluding diaryl/α,β-unsaturated/α-hetero) is 1. The summed E-state index contributed by atoms with van der Waals surface area (Å²) < 4.78 is 0. The van der Waals surface area contributed by atoms with E-state index in [2.05, 4.69) is 18.7 Å². The minimum Gasteiger partial charge on any atom is -0.300 e. The maximum absolute atomic E-state index is 11.3. The van der Waals surface area contributed by atoms with Crippen LogP contribution in [0.5, 0.6) is 0 Å². The lowest BCUT2D eigenvalue weighted by atomic mass is 10.0. The lowest BCUT2D eigenvalue weighted by Gasteiger charge is -2.00. The third-order valence-electron chi connectivity index (χ3n) is 2.39. The van der Waals surface area contributed by atoms with Crippen LogP contribution in [-0.4, -0.2) is 5.78 Å². The van der Waals surface area contributed by atoms with E-state index >= 15 is 0 Å². The molecule has 1 aromatic carbocycles. The molecular weight excluding hydrogens is 184 g/mol. The highest BCUT2D eigenvalue weighted by molar-refractivity contribution is 5.78. The molecule has 80 valence electrons. The van der Waals surface area contributed by atoms with Gasteiger partial charge in [0.15, 0.2) is 0 Å². The molecule has 15 heavy (non-hydrogen) atoms. The summed E-state index contributed by atoms with van der Waals surface area (Å²) in [4.78, 5) is 11.3. The summed E-state index contributed by atoms with van der Waals surface area (Å²) >= 11 is 0. The zero-order valence-corrected chi connectivity index (χ0v) is 9.11. The molecule has 0 radical (unpaired) electrons. The molecule has 0 N–H and O–H groups in total. The van der Waals surface area contributed by atoms with Crippen LogP contribution in [0, 0.1) is 0 Å². The fourth-order valence-electron chi connectivity index (χ4n) is 1.52. The van der Waals surface area contributed by atoms with Gasteiger partial charge in [0.25, 0.3) is 0 Å².